The number of hydrogen-bond donors (Lipinski definition) is 1. The van der Waals surface area contributed by atoms with E-state index < -0.39 is 0 Å². The van der Waals surface area contributed by atoms with E-state index in [0.29, 0.717) is 24.5 Å². The molecule has 192 valence electrons. The third-order valence-electron chi connectivity index (χ3n) is 8.64. The molecule has 0 radical (unpaired) electrons. The predicted octanol–water partition coefficient (Wildman–Crippen LogP) is 5.08. The summed E-state index contributed by atoms with van der Waals surface area (Å²) in [4.78, 5) is 22.4. The number of anilines is 1. The van der Waals surface area contributed by atoms with Crippen LogP contribution in [0.3, 0.4) is 0 Å². The van der Waals surface area contributed by atoms with Crippen LogP contribution in [0.5, 0.6) is 0 Å². The van der Waals surface area contributed by atoms with Crippen molar-refractivity contribution in [2.45, 2.75) is 76.4 Å². The van der Waals surface area contributed by atoms with Crippen LogP contribution in [0.25, 0.3) is 10.1 Å². The summed E-state index contributed by atoms with van der Waals surface area (Å²) in [6.07, 6.45) is 13.6. The van der Waals surface area contributed by atoms with Crippen LogP contribution in [-0.2, 0) is 9.53 Å². The Labute approximate surface area is 214 Å². The highest BCUT2D eigenvalue weighted by atomic mass is 32.1. The fraction of sp³-hybridized carbons (Fsp3) is 0.714. The number of amides is 1. The van der Waals surface area contributed by atoms with E-state index in [2.05, 4.69) is 32.6 Å². The number of pyridine rings is 1. The van der Waals surface area contributed by atoms with Gasteiger partial charge >= 0.3 is 0 Å². The Kier molecular flexibility index (Phi) is 8.58. The van der Waals surface area contributed by atoms with Crippen molar-refractivity contribution in [3.8, 4) is 0 Å². The molecule has 1 aliphatic heterocycles. The first kappa shape index (κ1) is 25.0. The number of hydrogen-bond acceptors (Lipinski definition) is 6. The summed E-state index contributed by atoms with van der Waals surface area (Å²) in [5.74, 6) is 2.73. The fourth-order valence-electron chi connectivity index (χ4n) is 6.47. The Morgan fingerprint density at radius 1 is 1.09 bits per heavy atom. The summed E-state index contributed by atoms with van der Waals surface area (Å²) in [7, 11) is 1.80. The molecule has 2 aliphatic carbocycles. The minimum Gasteiger partial charge on any atom is -0.381 e. The largest absolute Gasteiger partial charge is 0.381 e. The molecule has 3 heterocycles. The normalized spacial score (nSPS) is 28.3. The molecule has 1 amide bonds. The average Bonchev–Trinajstić information content (AvgIpc) is 3.38. The number of fused-ring (bicyclic) bond motifs is 1. The van der Waals surface area contributed by atoms with Gasteiger partial charge in [-0.05, 0) is 87.3 Å². The molecule has 3 fully saturated rings. The van der Waals surface area contributed by atoms with Gasteiger partial charge in [-0.3, -0.25) is 9.69 Å². The van der Waals surface area contributed by atoms with Crippen molar-refractivity contribution in [2.24, 2.45) is 11.8 Å². The van der Waals surface area contributed by atoms with Crippen LogP contribution in [0.4, 0.5) is 5.82 Å². The number of thiophene rings is 1. The maximum absolute atomic E-state index is 12.6. The molecule has 2 aromatic rings. The van der Waals surface area contributed by atoms with E-state index in [4.69, 9.17) is 9.72 Å². The Morgan fingerprint density at radius 2 is 1.91 bits per heavy atom. The van der Waals surface area contributed by atoms with Crippen LogP contribution in [0.1, 0.15) is 64.2 Å². The molecule has 2 atom stereocenters. The molecule has 5 rings (SSSR count). The van der Waals surface area contributed by atoms with Gasteiger partial charge in [0.05, 0.1) is 6.10 Å². The lowest BCUT2D eigenvalue weighted by molar-refractivity contribution is -0.123. The first-order valence-corrected chi connectivity index (χ1v) is 14.7. The highest BCUT2D eigenvalue weighted by Crippen LogP contribution is 2.31. The van der Waals surface area contributed by atoms with E-state index in [9.17, 15) is 4.79 Å². The maximum Gasteiger partial charge on any atom is 0.220 e. The standard InChI is InChI=1S/C28H42N4O2S/c1-34-24-4-2-3-22(19-24)20-27(33)30-23-7-5-21(6-8-23)10-13-31-14-16-32(17-15-31)28-25-11-18-35-26(25)9-12-29-28/h9,11-12,18,21-24H,2-8,10,13-17,19-20H2,1H3,(H,30,33). The minimum atomic E-state index is 0.265. The SMILES string of the molecule is COC1CCCC(CC(=O)NC2CCC(CCN3CCN(c4nccc5sccc45)CC3)CC2)C1. The van der Waals surface area contributed by atoms with Crippen LogP contribution >= 0.6 is 11.3 Å². The molecule has 35 heavy (non-hydrogen) atoms. The highest BCUT2D eigenvalue weighted by molar-refractivity contribution is 7.17. The lowest BCUT2D eigenvalue weighted by atomic mass is 9.83. The number of nitrogens with one attached hydrogen (secondary N) is 1. The number of rotatable bonds is 8. The highest BCUT2D eigenvalue weighted by Gasteiger charge is 2.27. The second-order valence-corrected chi connectivity index (χ2v) is 11.9. The van der Waals surface area contributed by atoms with Crippen LogP contribution in [-0.4, -0.2) is 67.8 Å². The summed E-state index contributed by atoms with van der Waals surface area (Å²) in [6, 6.07) is 4.71. The van der Waals surface area contributed by atoms with Crippen molar-refractivity contribution in [1.82, 2.24) is 15.2 Å². The Hall–Kier alpha value is -1.70. The topological polar surface area (TPSA) is 57.7 Å². The third kappa shape index (κ3) is 6.55. The van der Waals surface area contributed by atoms with E-state index in [-0.39, 0.29) is 5.91 Å². The molecule has 0 spiro atoms. The number of carbonyl (C=O) groups excluding carboxylic acids is 1. The van der Waals surface area contributed by atoms with Crippen molar-refractivity contribution in [2.75, 3.05) is 44.7 Å². The van der Waals surface area contributed by atoms with Crippen molar-refractivity contribution < 1.29 is 9.53 Å². The number of nitrogens with zero attached hydrogens (tertiary/aromatic N) is 3. The summed E-state index contributed by atoms with van der Waals surface area (Å²) in [5, 5.41) is 6.82. The molecule has 0 aromatic carbocycles. The Bertz CT molecular complexity index is 949. The molecule has 7 heteroatoms. The predicted molar refractivity (Wildman–Crippen MR) is 144 cm³/mol. The minimum absolute atomic E-state index is 0.265. The van der Waals surface area contributed by atoms with Gasteiger partial charge in [0.15, 0.2) is 0 Å². The van der Waals surface area contributed by atoms with Gasteiger partial charge in [-0.15, -0.1) is 11.3 Å². The van der Waals surface area contributed by atoms with Crippen molar-refractivity contribution in [3.05, 3.63) is 23.7 Å². The average molecular weight is 499 g/mol. The molecule has 2 unspecified atom stereocenters. The Balaban J connectivity index is 0.980. The fourth-order valence-corrected chi connectivity index (χ4v) is 7.24. The number of carbonyl (C=O) groups is 1. The van der Waals surface area contributed by atoms with Crippen LogP contribution in [0.2, 0.25) is 0 Å². The van der Waals surface area contributed by atoms with E-state index in [1.165, 1.54) is 48.7 Å². The first-order valence-electron chi connectivity index (χ1n) is 13.8. The maximum atomic E-state index is 12.6. The van der Waals surface area contributed by atoms with Gasteiger partial charge in [0.25, 0.3) is 0 Å². The third-order valence-corrected chi connectivity index (χ3v) is 9.52. The molecule has 2 saturated carbocycles. The Morgan fingerprint density at radius 3 is 2.71 bits per heavy atom. The van der Waals surface area contributed by atoms with Gasteiger partial charge in [-0.25, -0.2) is 4.98 Å². The van der Waals surface area contributed by atoms with Crippen LogP contribution in [0.15, 0.2) is 23.7 Å². The summed E-state index contributed by atoms with van der Waals surface area (Å²) < 4.78 is 6.86. The van der Waals surface area contributed by atoms with E-state index in [1.54, 1.807) is 18.4 Å². The zero-order valence-corrected chi connectivity index (χ0v) is 22.1. The van der Waals surface area contributed by atoms with Crippen molar-refractivity contribution >= 4 is 33.1 Å². The lowest BCUT2D eigenvalue weighted by Crippen LogP contribution is -2.47. The molecule has 0 bridgehead atoms. The van der Waals surface area contributed by atoms with E-state index in [0.717, 1.165) is 63.6 Å². The summed E-state index contributed by atoms with van der Waals surface area (Å²) in [6.45, 7) is 5.57. The molecule has 1 saturated heterocycles. The molecule has 1 N–H and O–H groups in total. The van der Waals surface area contributed by atoms with Gasteiger partial charge in [0.2, 0.25) is 5.91 Å². The van der Waals surface area contributed by atoms with Crippen LogP contribution < -0.4 is 10.2 Å². The number of ether oxygens (including phenoxy) is 1. The first-order chi connectivity index (χ1) is 17.2. The number of methoxy groups -OCH3 is 1. The van der Waals surface area contributed by atoms with Crippen LogP contribution in [0, 0.1) is 11.8 Å². The molecular formula is C28H42N4O2S. The zero-order chi connectivity index (χ0) is 24.0. The second kappa shape index (κ2) is 12.0. The number of aromatic nitrogens is 1. The second-order valence-electron chi connectivity index (χ2n) is 11.0. The van der Waals surface area contributed by atoms with Gasteiger partial charge in [-0.2, -0.15) is 0 Å². The molecule has 2 aromatic heterocycles. The molecule has 6 nitrogen and oxygen atoms in total. The van der Waals surface area contributed by atoms with Crippen molar-refractivity contribution in [1.29, 1.82) is 0 Å². The van der Waals surface area contributed by atoms with Gasteiger partial charge in [0.1, 0.15) is 5.82 Å². The van der Waals surface area contributed by atoms with Gasteiger partial charge < -0.3 is 15.0 Å². The van der Waals surface area contributed by atoms with Gasteiger partial charge in [0, 0.05) is 62.0 Å². The van der Waals surface area contributed by atoms with Gasteiger partial charge in [-0.1, -0.05) is 6.42 Å². The molecular weight excluding hydrogens is 456 g/mol. The quantitative estimate of drug-likeness (QED) is 0.550. The zero-order valence-electron chi connectivity index (χ0n) is 21.3. The van der Waals surface area contributed by atoms with E-state index >= 15 is 0 Å². The number of piperazine rings is 1. The monoisotopic (exact) mass is 498 g/mol. The lowest BCUT2D eigenvalue weighted by Gasteiger charge is -2.37. The van der Waals surface area contributed by atoms with Crippen molar-refractivity contribution in [3.63, 3.8) is 0 Å². The molecule has 3 aliphatic rings. The summed E-state index contributed by atoms with van der Waals surface area (Å²) >= 11 is 1.80. The summed E-state index contributed by atoms with van der Waals surface area (Å²) in [5.41, 5.74) is 0. The smallest absolute Gasteiger partial charge is 0.220 e. The van der Waals surface area contributed by atoms with E-state index in [1.807, 2.05) is 6.20 Å².